The van der Waals surface area contributed by atoms with Crippen molar-refractivity contribution < 1.29 is 49.0 Å². The average Bonchev–Trinajstić information content (AvgIpc) is 3.84. The van der Waals surface area contributed by atoms with Gasteiger partial charge in [-0.25, -0.2) is 12.1 Å². The van der Waals surface area contributed by atoms with E-state index in [-0.39, 0.29) is 46.5 Å². The van der Waals surface area contributed by atoms with Gasteiger partial charge in [-0.15, -0.1) is 16.7 Å². The first-order chi connectivity index (χ1) is 27.1. The van der Waals surface area contributed by atoms with Gasteiger partial charge in [0.05, 0.1) is 0 Å². The molecule has 1 aliphatic carbocycles. The third-order valence-corrected chi connectivity index (χ3v) is 13.0. The summed E-state index contributed by atoms with van der Waals surface area (Å²) in [6.45, 7) is 28.0. The SMILES string of the molecule is CC(C)(C)c1[c-]c2c(cc1C(C)(C)C)-c1cc(C(C)(C)C)c(C(C)(C)C)cc1C2.Clc1cccc2c([C](=[Zr+2])c3cccc4c(Cl)cccc34)cccc12.[Cl-].[Cl-].c1cc[cH-]c1. The summed E-state index contributed by atoms with van der Waals surface area (Å²) in [6, 6.07) is 46.2. The third kappa shape index (κ3) is 10.8. The van der Waals surface area contributed by atoms with Crippen molar-refractivity contribution in [2.45, 2.75) is 111 Å². The van der Waals surface area contributed by atoms with Crippen LogP contribution >= 0.6 is 23.2 Å². The van der Waals surface area contributed by atoms with E-state index in [1.54, 1.807) is 0 Å². The van der Waals surface area contributed by atoms with Crippen LogP contribution in [0.25, 0.3) is 32.7 Å². The molecule has 0 N–H and O–H groups in total. The standard InChI is InChI=1S/C29H41.C21H12Cl2.C5H5.2ClH.Zr/c1-26(2,3)22-14-18-13-19-15-23(27(4,5)6)25(29(10,11)12)17-21(19)20(18)16-24(22)28(7,8)9;22-20-11-3-7-16-14(5-1-9-18(16)20)13-15-6-2-10-19-17(15)8-4-12-21(19)23;1-2-4-5-3-1;;;/h14,16-17H,13H2,1-12H3;1-12H;1-5H;2*1H;/q-1;;-1;;;+2/p-2. The minimum atomic E-state index is 0. The molecule has 0 aromatic heterocycles. The van der Waals surface area contributed by atoms with Crippen molar-refractivity contribution in [3.8, 4) is 11.1 Å². The van der Waals surface area contributed by atoms with Crippen LogP contribution in [0.4, 0.5) is 0 Å². The zero-order chi connectivity index (χ0) is 42.4. The van der Waals surface area contributed by atoms with Crippen molar-refractivity contribution in [1.29, 1.82) is 0 Å². The summed E-state index contributed by atoms with van der Waals surface area (Å²) in [5.74, 6) is 0. The summed E-state index contributed by atoms with van der Waals surface area (Å²) in [5.41, 5.74) is 14.4. The van der Waals surface area contributed by atoms with Gasteiger partial charge in [-0.3, -0.25) is 0 Å². The maximum Gasteiger partial charge on any atom is -0.172 e. The van der Waals surface area contributed by atoms with E-state index in [4.69, 9.17) is 23.2 Å². The molecule has 1 aliphatic rings. The van der Waals surface area contributed by atoms with Crippen molar-refractivity contribution >= 4 is 48.0 Å². The van der Waals surface area contributed by atoms with E-state index in [1.165, 1.54) is 93.8 Å². The van der Waals surface area contributed by atoms with Crippen molar-refractivity contribution in [3.63, 3.8) is 0 Å². The summed E-state index contributed by atoms with van der Waals surface area (Å²) >= 11 is 14.1. The van der Waals surface area contributed by atoms with Gasteiger partial charge in [-0.2, -0.15) is 35.9 Å². The number of hydrogen-bond acceptors (Lipinski definition) is 0. The van der Waals surface area contributed by atoms with Gasteiger partial charge in [-0.1, -0.05) is 106 Å². The molecular formula is C55H58Cl4Zr-2. The molecule has 0 fully saturated rings. The van der Waals surface area contributed by atoms with Crippen molar-refractivity contribution in [1.82, 2.24) is 0 Å². The number of fused-ring (bicyclic) bond motifs is 5. The molecule has 7 aromatic rings. The van der Waals surface area contributed by atoms with Gasteiger partial charge in [0.1, 0.15) is 0 Å². The van der Waals surface area contributed by atoms with Gasteiger partial charge in [-0.05, 0) is 39.4 Å². The number of hydrogen-bond donors (Lipinski definition) is 0. The molecule has 0 atom stereocenters. The second kappa shape index (κ2) is 19.2. The molecule has 0 saturated carbocycles. The molecule has 0 spiro atoms. The van der Waals surface area contributed by atoms with Gasteiger partial charge in [0.15, 0.2) is 0 Å². The Kier molecular flexibility index (Phi) is 16.0. The van der Waals surface area contributed by atoms with Crippen LogP contribution < -0.4 is 24.8 Å². The number of rotatable bonds is 2. The van der Waals surface area contributed by atoms with Crippen LogP contribution in [0.3, 0.4) is 0 Å². The Labute approximate surface area is 398 Å². The topological polar surface area (TPSA) is 0 Å². The molecule has 0 bridgehead atoms. The monoisotopic (exact) mass is 948 g/mol. The van der Waals surface area contributed by atoms with Crippen LogP contribution in [0.15, 0.2) is 121 Å². The van der Waals surface area contributed by atoms with Crippen LogP contribution in [-0.4, -0.2) is 3.21 Å². The Bertz CT molecular complexity index is 2420. The number of benzene rings is 6. The van der Waals surface area contributed by atoms with Gasteiger partial charge in [0.2, 0.25) is 0 Å². The first-order valence-corrected chi connectivity index (χ1v) is 22.4. The van der Waals surface area contributed by atoms with Crippen LogP contribution in [0.2, 0.25) is 10.0 Å². The smallest absolute Gasteiger partial charge is 0.172 e. The summed E-state index contributed by atoms with van der Waals surface area (Å²) < 4.78 is 1.31. The van der Waals surface area contributed by atoms with E-state index in [1.807, 2.05) is 54.6 Å². The van der Waals surface area contributed by atoms with Gasteiger partial charge >= 0.3 is 166 Å². The average molecular weight is 952 g/mol. The summed E-state index contributed by atoms with van der Waals surface area (Å²) in [7, 11) is 0. The Balaban J connectivity index is 0.000000232. The second-order valence-corrected chi connectivity index (χ2v) is 21.8. The predicted octanol–water partition coefficient (Wildman–Crippen LogP) is 10.1. The van der Waals surface area contributed by atoms with Crippen molar-refractivity contribution in [2.24, 2.45) is 0 Å². The molecule has 0 radical (unpaired) electrons. The van der Waals surface area contributed by atoms with Crippen molar-refractivity contribution in [2.75, 3.05) is 0 Å². The van der Waals surface area contributed by atoms with Crippen LogP contribution in [0.1, 0.15) is 128 Å². The Morgan fingerprint density at radius 2 is 0.933 bits per heavy atom. The third-order valence-electron chi connectivity index (χ3n) is 11.1. The van der Waals surface area contributed by atoms with Gasteiger partial charge < -0.3 is 24.8 Å². The van der Waals surface area contributed by atoms with Crippen LogP contribution in [0, 0.1) is 6.07 Å². The minimum Gasteiger partial charge on any atom is -1.00 e. The second-order valence-electron chi connectivity index (χ2n) is 19.8. The Hall–Kier alpha value is -2.90. The molecule has 7 aromatic carbocycles. The summed E-state index contributed by atoms with van der Waals surface area (Å²) in [6.07, 6.45) is 1.01. The molecule has 60 heavy (non-hydrogen) atoms. The molecule has 0 unspecified atom stereocenters. The number of halogens is 4. The summed E-state index contributed by atoms with van der Waals surface area (Å²) in [4.78, 5) is 0. The largest absolute Gasteiger partial charge is 1.00 e. The normalized spacial score (nSPS) is 12.3. The molecule has 0 nitrogen and oxygen atoms in total. The minimum absolute atomic E-state index is 0. The fourth-order valence-corrected chi connectivity index (χ4v) is 9.62. The first-order valence-electron chi connectivity index (χ1n) is 20.5. The first kappa shape index (κ1) is 49.8. The zero-order valence-corrected chi connectivity index (χ0v) is 42.7. The molecule has 0 amide bonds. The van der Waals surface area contributed by atoms with E-state index in [2.05, 4.69) is 156 Å². The van der Waals surface area contributed by atoms with Crippen molar-refractivity contribution in [3.05, 3.63) is 182 Å². The quantitative estimate of drug-likeness (QED) is 0.152. The van der Waals surface area contributed by atoms with Gasteiger partial charge in [0.25, 0.3) is 0 Å². The molecule has 0 saturated heterocycles. The Morgan fingerprint density at radius 3 is 1.35 bits per heavy atom. The van der Waals surface area contributed by atoms with Crippen LogP contribution in [-0.2, 0) is 52.3 Å². The predicted molar refractivity (Wildman–Crippen MR) is 251 cm³/mol. The molecule has 312 valence electrons. The molecule has 0 heterocycles. The molecular weight excluding hydrogens is 894 g/mol. The van der Waals surface area contributed by atoms with E-state index in [9.17, 15) is 0 Å². The van der Waals surface area contributed by atoms with Gasteiger partial charge in [0, 0.05) is 0 Å². The van der Waals surface area contributed by atoms with E-state index < -0.39 is 0 Å². The van der Waals surface area contributed by atoms with E-state index >= 15 is 0 Å². The molecule has 0 aliphatic heterocycles. The fourth-order valence-electron chi connectivity index (χ4n) is 8.07. The van der Waals surface area contributed by atoms with E-state index in [0.717, 1.165) is 27.2 Å². The molecule has 5 heteroatoms. The summed E-state index contributed by atoms with van der Waals surface area (Å²) in [5, 5.41) is 6.15. The van der Waals surface area contributed by atoms with Crippen LogP contribution in [0.5, 0.6) is 0 Å². The maximum atomic E-state index is 6.38. The maximum absolute atomic E-state index is 6.38. The van der Waals surface area contributed by atoms with E-state index in [0.29, 0.717) is 0 Å². The molecule has 8 rings (SSSR count). The Morgan fingerprint density at radius 1 is 0.517 bits per heavy atom. The fraction of sp³-hybridized carbons (Fsp3) is 0.309. The zero-order valence-electron chi connectivity index (χ0n) is 37.3.